The van der Waals surface area contributed by atoms with Gasteiger partial charge in [0.2, 0.25) is 0 Å². The predicted molar refractivity (Wildman–Crippen MR) is 116 cm³/mol. The highest BCUT2D eigenvalue weighted by atomic mass is 16.5. The Morgan fingerprint density at radius 3 is 2.14 bits per heavy atom. The number of ether oxygens (including phenoxy) is 1. The van der Waals surface area contributed by atoms with Crippen LogP contribution < -0.4 is 9.64 Å². The van der Waals surface area contributed by atoms with E-state index in [2.05, 4.69) is 31.3 Å². The van der Waals surface area contributed by atoms with Gasteiger partial charge in [-0.05, 0) is 105 Å². The van der Waals surface area contributed by atoms with E-state index >= 15 is 0 Å². The summed E-state index contributed by atoms with van der Waals surface area (Å²) in [6.07, 6.45) is 15.0. The molecular formula is C26H40NO2+. The van der Waals surface area contributed by atoms with Crippen LogP contribution in [0.25, 0.3) is 0 Å². The lowest BCUT2D eigenvalue weighted by atomic mass is 9.48. The Bertz CT molecular complexity index is 643. The van der Waals surface area contributed by atoms with Crippen molar-refractivity contribution in [2.45, 2.75) is 88.2 Å². The van der Waals surface area contributed by atoms with Gasteiger partial charge < -0.3 is 14.7 Å². The van der Waals surface area contributed by atoms with Gasteiger partial charge in [0.15, 0.2) is 0 Å². The average Bonchev–Trinajstić information content (AvgIpc) is 2.72. The van der Waals surface area contributed by atoms with Crippen molar-refractivity contribution in [1.82, 2.24) is 0 Å². The summed E-state index contributed by atoms with van der Waals surface area (Å²) in [5, 5.41) is 10.5. The second-order valence-electron chi connectivity index (χ2n) is 11.1. The van der Waals surface area contributed by atoms with Gasteiger partial charge in [0.25, 0.3) is 0 Å². The number of likely N-dealkylation sites (N-methyl/N-ethyl adjacent to an activating group) is 1. The number of hydrogen-bond donors (Lipinski definition) is 2. The molecule has 1 aromatic rings. The monoisotopic (exact) mass is 398 g/mol. The fraction of sp³-hybridized carbons (Fsp3) is 0.769. The van der Waals surface area contributed by atoms with E-state index in [-0.39, 0.29) is 6.10 Å². The molecule has 6 rings (SSSR count). The van der Waals surface area contributed by atoms with E-state index in [1.165, 1.54) is 75.5 Å². The maximum atomic E-state index is 10.5. The molecular weight excluding hydrogens is 358 g/mol. The van der Waals surface area contributed by atoms with Crippen LogP contribution in [0.5, 0.6) is 5.75 Å². The number of hydrogen-bond acceptors (Lipinski definition) is 2. The molecule has 160 valence electrons. The normalized spacial score (nSPS) is 36.1. The maximum absolute atomic E-state index is 10.5. The minimum atomic E-state index is -0.389. The Kier molecular flexibility index (Phi) is 5.64. The Labute approximate surface area is 176 Å². The molecule has 3 nitrogen and oxygen atoms in total. The summed E-state index contributed by atoms with van der Waals surface area (Å²) >= 11 is 0. The summed E-state index contributed by atoms with van der Waals surface area (Å²) in [5.41, 5.74) is 2.00. The van der Waals surface area contributed by atoms with Crippen LogP contribution in [0.3, 0.4) is 0 Å². The van der Waals surface area contributed by atoms with E-state index in [0.717, 1.165) is 36.1 Å². The van der Waals surface area contributed by atoms with Crippen molar-refractivity contribution in [1.29, 1.82) is 0 Å². The van der Waals surface area contributed by atoms with Gasteiger partial charge in [-0.3, -0.25) is 0 Å². The first kappa shape index (κ1) is 19.9. The molecule has 5 saturated carbocycles. The fourth-order valence-electron chi connectivity index (χ4n) is 7.75. The standard InChI is InChI=1S/C26H39NO2/c1-27(23-5-3-2-4-6-23)17-24(28)18-29-25-9-7-22(8-10-25)26-14-19-11-20(15-26)13-21(12-19)16-26/h7-10,19-21,23-24,28H,2-6,11-18H2,1H3/p+1/t19?,20?,21?,24-,26?/m0/s1. The molecule has 2 N–H and O–H groups in total. The highest BCUT2D eigenvalue weighted by Crippen LogP contribution is 2.60. The molecule has 0 radical (unpaired) electrons. The minimum Gasteiger partial charge on any atom is -0.491 e. The first-order chi connectivity index (χ1) is 14.1. The summed E-state index contributed by atoms with van der Waals surface area (Å²) in [4.78, 5) is 1.47. The van der Waals surface area contributed by atoms with E-state index in [1.54, 1.807) is 5.56 Å². The minimum absolute atomic E-state index is 0.389. The van der Waals surface area contributed by atoms with Crippen LogP contribution in [0.2, 0.25) is 0 Å². The topological polar surface area (TPSA) is 33.9 Å². The number of aliphatic hydroxyl groups is 1. The van der Waals surface area contributed by atoms with Gasteiger partial charge in [0.1, 0.15) is 25.0 Å². The molecule has 0 amide bonds. The molecule has 0 heterocycles. The van der Waals surface area contributed by atoms with Crippen LogP contribution in [0, 0.1) is 17.8 Å². The average molecular weight is 399 g/mol. The van der Waals surface area contributed by atoms with Crippen molar-refractivity contribution >= 4 is 0 Å². The highest BCUT2D eigenvalue weighted by molar-refractivity contribution is 5.34. The van der Waals surface area contributed by atoms with Crippen LogP contribution in [0.1, 0.15) is 76.2 Å². The van der Waals surface area contributed by atoms with Crippen molar-refractivity contribution in [3.05, 3.63) is 29.8 Å². The van der Waals surface area contributed by atoms with E-state index in [1.807, 2.05) is 0 Å². The predicted octanol–water partition coefficient (Wildman–Crippen LogP) is 3.74. The smallest absolute Gasteiger partial charge is 0.137 e. The van der Waals surface area contributed by atoms with Crippen LogP contribution in [0.4, 0.5) is 0 Å². The van der Waals surface area contributed by atoms with Gasteiger partial charge >= 0.3 is 0 Å². The zero-order valence-electron chi connectivity index (χ0n) is 18.2. The molecule has 0 aliphatic heterocycles. The van der Waals surface area contributed by atoms with Gasteiger partial charge in [0, 0.05) is 0 Å². The van der Waals surface area contributed by atoms with Gasteiger partial charge in [0.05, 0.1) is 13.1 Å². The van der Waals surface area contributed by atoms with Crippen LogP contribution in [-0.4, -0.2) is 37.5 Å². The molecule has 5 fully saturated rings. The third-order valence-electron chi connectivity index (χ3n) is 8.81. The molecule has 29 heavy (non-hydrogen) atoms. The molecule has 5 aliphatic carbocycles. The van der Waals surface area contributed by atoms with Crippen molar-refractivity contribution in [3.63, 3.8) is 0 Å². The van der Waals surface area contributed by atoms with Gasteiger partial charge in [-0.25, -0.2) is 0 Å². The first-order valence-corrected chi connectivity index (χ1v) is 12.3. The molecule has 0 aromatic heterocycles. The van der Waals surface area contributed by atoms with Gasteiger partial charge in [-0.2, -0.15) is 0 Å². The molecule has 3 heteroatoms. The van der Waals surface area contributed by atoms with Crippen molar-refractivity contribution < 1.29 is 14.7 Å². The summed E-state index contributed by atoms with van der Waals surface area (Å²) in [6.45, 7) is 1.19. The highest BCUT2D eigenvalue weighted by Gasteiger charge is 2.51. The number of quaternary nitrogens is 1. The lowest BCUT2D eigenvalue weighted by Crippen LogP contribution is -3.14. The van der Waals surface area contributed by atoms with Crippen LogP contribution in [0.15, 0.2) is 24.3 Å². The van der Waals surface area contributed by atoms with E-state index in [0.29, 0.717) is 12.0 Å². The quantitative estimate of drug-likeness (QED) is 0.734. The number of benzene rings is 1. The molecule has 2 atom stereocenters. The second kappa shape index (κ2) is 8.23. The molecule has 1 aromatic carbocycles. The largest absolute Gasteiger partial charge is 0.491 e. The lowest BCUT2D eigenvalue weighted by Gasteiger charge is -2.57. The Morgan fingerprint density at radius 2 is 1.55 bits per heavy atom. The van der Waals surface area contributed by atoms with E-state index in [9.17, 15) is 5.11 Å². The third-order valence-corrected chi connectivity index (χ3v) is 8.81. The molecule has 5 aliphatic rings. The van der Waals surface area contributed by atoms with Crippen molar-refractivity contribution in [3.8, 4) is 5.75 Å². The molecule has 0 spiro atoms. The third kappa shape index (κ3) is 4.23. The lowest BCUT2D eigenvalue weighted by molar-refractivity contribution is -0.910. The molecule has 4 bridgehead atoms. The zero-order chi connectivity index (χ0) is 19.8. The number of rotatable bonds is 7. The Balaban J connectivity index is 1.14. The maximum Gasteiger partial charge on any atom is 0.137 e. The van der Waals surface area contributed by atoms with Crippen molar-refractivity contribution in [2.75, 3.05) is 20.2 Å². The molecule has 1 unspecified atom stereocenters. The second-order valence-corrected chi connectivity index (χ2v) is 11.1. The summed E-state index contributed by atoms with van der Waals surface area (Å²) in [5.74, 6) is 3.86. The van der Waals surface area contributed by atoms with Crippen LogP contribution >= 0.6 is 0 Å². The first-order valence-electron chi connectivity index (χ1n) is 12.3. The number of nitrogens with one attached hydrogen (secondary N) is 1. The SMILES string of the molecule is C[NH+](C[C@H](O)COc1ccc(C23CC4CC(CC(C4)C2)C3)cc1)C1CCCCC1. The van der Waals surface area contributed by atoms with Crippen LogP contribution in [-0.2, 0) is 5.41 Å². The van der Waals surface area contributed by atoms with E-state index in [4.69, 9.17) is 4.74 Å². The molecule has 0 saturated heterocycles. The van der Waals surface area contributed by atoms with Gasteiger partial charge in [-0.15, -0.1) is 0 Å². The zero-order valence-corrected chi connectivity index (χ0v) is 18.2. The Morgan fingerprint density at radius 1 is 0.966 bits per heavy atom. The number of aliphatic hydroxyl groups excluding tert-OH is 1. The van der Waals surface area contributed by atoms with Crippen molar-refractivity contribution in [2.24, 2.45) is 17.8 Å². The Hall–Kier alpha value is -1.06. The summed E-state index contributed by atoms with van der Waals surface area (Å²) in [6, 6.07) is 9.68. The van der Waals surface area contributed by atoms with Gasteiger partial charge in [-0.1, -0.05) is 18.6 Å². The van der Waals surface area contributed by atoms with E-state index < -0.39 is 0 Å². The summed E-state index contributed by atoms with van der Waals surface area (Å²) < 4.78 is 5.97. The summed E-state index contributed by atoms with van der Waals surface area (Å²) in [7, 11) is 2.24. The fourth-order valence-corrected chi connectivity index (χ4v) is 7.75.